The first kappa shape index (κ1) is 31.6. The molecule has 42 heavy (non-hydrogen) atoms. The summed E-state index contributed by atoms with van der Waals surface area (Å²) in [7, 11) is 0. The third kappa shape index (κ3) is 9.61. The van der Waals surface area contributed by atoms with Crippen LogP contribution in [0.5, 0.6) is 11.5 Å². The number of amides is 4. The number of benzene rings is 3. The van der Waals surface area contributed by atoms with Crippen LogP contribution < -0.4 is 33.0 Å². The molecule has 3 aromatic carbocycles. The van der Waals surface area contributed by atoms with Crippen LogP contribution in [0, 0.1) is 0 Å². The normalized spacial score (nSPS) is 13.7. The van der Waals surface area contributed by atoms with Crippen molar-refractivity contribution in [2.24, 2.45) is 11.5 Å². The molecular formula is C30H36N6O6. The van der Waals surface area contributed by atoms with Gasteiger partial charge in [0.05, 0.1) is 6.42 Å². The fourth-order valence-corrected chi connectivity index (χ4v) is 4.25. The van der Waals surface area contributed by atoms with Crippen molar-refractivity contribution in [3.63, 3.8) is 0 Å². The highest BCUT2D eigenvalue weighted by Crippen LogP contribution is 2.19. The summed E-state index contributed by atoms with van der Waals surface area (Å²) in [5.41, 5.74) is 17.4. The number of aromatic hydroxyl groups is 2. The van der Waals surface area contributed by atoms with Gasteiger partial charge in [0.2, 0.25) is 23.6 Å². The highest BCUT2D eigenvalue weighted by Gasteiger charge is 2.39. The SMILES string of the molecule is C[C@](Cc1ccc(O)cc1)(NC(=O)[C@H](Cc1ccc(O)cc1)NNCc1ccccc1)C(=O)N[C@@H](CC(N)=O)C(N)=O. The topological polar surface area (TPSA) is 209 Å². The number of rotatable bonds is 15. The van der Waals surface area contributed by atoms with E-state index in [1.165, 1.54) is 31.2 Å². The van der Waals surface area contributed by atoms with Crippen LogP contribution >= 0.6 is 0 Å². The molecular weight excluding hydrogens is 540 g/mol. The van der Waals surface area contributed by atoms with Crippen molar-refractivity contribution in [3.8, 4) is 11.5 Å². The molecule has 12 heteroatoms. The Morgan fingerprint density at radius 2 is 1.36 bits per heavy atom. The van der Waals surface area contributed by atoms with Gasteiger partial charge in [-0.2, -0.15) is 0 Å². The average Bonchev–Trinajstić information content (AvgIpc) is 2.94. The predicted molar refractivity (Wildman–Crippen MR) is 155 cm³/mol. The average molecular weight is 577 g/mol. The Kier molecular flexibility index (Phi) is 11.0. The molecule has 3 atom stereocenters. The van der Waals surface area contributed by atoms with Crippen LogP contribution in [-0.4, -0.2) is 51.5 Å². The Hall–Kier alpha value is -4.94. The number of primary amides is 2. The summed E-state index contributed by atoms with van der Waals surface area (Å²) in [5.74, 6) is -3.02. The quantitative estimate of drug-likeness (QED) is 0.117. The molecule has 0 spiro atoms. The van der Waals surface area contributed by atoms with Crippen LogP contribution in [0.2, 0.25) is 0 Å². The highest BCUT2D eigenvalue weighted by atomic mass is 16.3. The fraction of sp³-hybridized carbons (Fsp3) is 0.267. The van der Waals surface area contributed by atoms with Crippen LogP contribution in [-0.2, 0) is 38.6 Å². The largest absolute Gasteiger partial charge is 0.508 e. The molecule has 0 fully saturated rings. The van der Waals surface area contributed by atoms with E-state index in [1.54, 1.807) is 24.3 Å². The second-order valence-electron chi connectivity index (χ2n) is 10.2. The lowest BCUT2D eigenvalue weighted by Gasteiger charge is -2.33. The monoisotopic (exact) mass is 576 g/mol. The summed E-state index contributed by atoms with van der Waals surface area (Å²) < 4.78 is 0. The van der Waals surface area contributed by atoms with Gasteiger partial charge < -0.3 is 32.3 Å². The van der Waals surface area contributed by atoms with Gasteiger partial charge in [-0.05, 0) is 54.3 Å². The first-order valence-corrected chi connectivity index (χ1v) is 13.2. The lowest BCUT2D eigenvalue weighted by molar-refractivity contribution is -0.136. The summed E-state index contributed by atoms with van der Waals surface area (Å²) in [6.45, 7) is 1.88. The number of carbonyl (C=O) groups excluding carboxylic acids is 4. The first-order valence-electron chi connectivity index (χ1n) is 13.2. The van der Waals surface area contributed by atoms with E-state index in [9.17, 15) is 29.4 Å². The van der Waals surface area contributed by atoms with Gasteiger partial charge in [0.25, 0.3) is 0 Å². The maximum atomic E-state index is 13.8. The molecule has 222 valence electrons. The van der Waals surface area contributed by atoms with E-state index in [4.69, 9.17) is 11.5 Å². The van der Waals surface area contributed by atoms with Crippen molar-refractivity contribution in [2.45, 2.75) is 50.4 Å². The van der Waals surface area contributed by atoms with Crippen molar-refractivity contribution < 1.29 is 29.4 Å². The molecule has 0 bridgehead atoms. The Balaban J connectivity index is 1.87. The van der Waals surface area contributed by atoms with Gasteiger partial charge in [0.1, 0.15) is 29.1 Å². The minimum Gasteiger partial charge on any atom is -0.508 e. The molecule has 0 saturated heterocycles. The molecule has 0 unspecified atom stereocenters. The van der Waals surface area contributed by atoms with Crippen molar-refractivity contribution >= 4 is 23.6 Å². The minimum absolute atomic E-state index is 0.0202. The second kappa shape index (κ2) is 14.6. The number of phenols is 2. The maximum Gasteiger partial charge on any atom is 0.246 e. The molecule has 3 aromatic rings. The summed E-state index contributed by atoms with van der Waals surface area (Å²) in [5, 5.41) is 24.6. The van der Waals surface area contributed by atoms with Gasteiger partial charge in [-0.25, -0.2) is 5.43 Å². The molecule has 4 amide bonds. The van der Waals surface area contributed by atoms with Crippen molar-refractivity contribution in [1.29, 1.82) is 0 Å². The fourth-order valence-electron chi connectivity index (χ4n) is 4.25. The number of nitrogens with one attached hydrogen (secondary N) is 4. The van der Waals surface area contributed by atoms with E-state index in [1.807, 2.05) is 30.3 Å². The van der Waals surface area contributed by atoms with E-state index in [-0.39, 0.29) is 24.3 Å². The molecule has 3 rings (SSSR count). The van der Waals surface area contributed by atoms with Crippen LogP contribution in [0.15, 0.2) is 78.9 Å². The van der Waals surface area contributed by atoms with E-state index in [0.29, 0.717) is 12.1 Å². The standard InChI is InChI=1S/C30H36N6O6/c1-30(17-20-9-13-23(38)14-10-20,29(42)34-24(27(32)40)16-26(31)39)35-28(41)25(15-19-7-11-22(37)12-8-19)36-33-18-21-5-3-2-4-6-21/h2-14,24-25,33,36-38H,15-18H2,1H3,(H2,31,39)(H2,32,40)(H,34,42)(H,35,41)/t24-,25-,30+/m0/s1. The van der Waals surface area contributed by atoms with E-state index in [0.717, 1.165) is 11.1 Å². The number of phenolic OH excluding ortho intramolecular Hbond substituents is 2. The second-order valence-corrected chi connectivity index (χ2v) is 10.2. The lowest BCUT2D eigenvalue weighted by Crippen LogP contribution is -2.64. The number of hydrazine groups is 1. The maximum absolute atomic E-state index is 13.8. The predicted octanol–water partition coefficient (Wildman–Crippen LogP) is 0.266. The van der Waals surface area contributed by atoms with Gasteiger partial charge in [-0.3, -0.25) is 24.6 Å². The van der Waals surface area contributed by atoms with E-state index >= 15 is 0 Å². The molecule has 0 aliphatic heterocycles. The van der Waals surface area contributed by atoms with Crippen LogP contribution in [0.4, 0.5) is 0 Å². The van der Waals surface area contributed by atoms with E-state index < -0.39 is 47.7 Å². The van der Waals surface area contributed by atoms with Crippen molar-refractivity contribution in [1.82, 2.24) is 21.5 Å². The zero-order chi connectivity index (χ0) is 30.7. The van der Waals surface area contributed by atoms with Gasteiger partial charge in [-0.15, -0.1) is 0 Å². The van der Waals surface area contributed by atoms with Crippen LogP contribution in [0.25, 0.3) is 0 Å². The Bertz CT molecular complexity index is 1370. The van der Waals surface area contributed by atoms with Crippen LogP contribution in [0.1, 0.15) is 30.0 Å². The molecule has 0 heterocycles. The summed E-state index contributed by atoms with van der Waals surface area (Å²) in [4.78, 5) is 50.8. The van der Waals surface area contributed by atoms with E-state index in [2.05, 4.69) is 21.5 Å². The zero-order valence-electron chi connectivity index (χ0n) is 23.2. The minimum atomic E-state index is -1.63. The first-order chi connectivity index (χ1) is 19.9. The number of nitrogens with two attached hydrogens (primary N) is 2. The zero-order valence-corrected chi connectivity index (χ0v) is 23.2. The molecule has 10 N–H and O–H groups in total. The van der Waals surface area contributed by atoms with Gasteiger partial charge in [0, 0.05) is 13.0 Å². The van der Waals surface area contributed by atoms with Crippen molar-refractivity contribution in [2.75, 3.05) is 0 Å². The summed E-state index contributed by atoms with van der Waals surface area (Å²) in [6.07, 6.45) is -0.356. The molecule has 0 aromatic heterocycles. The van der Waals surface area contributed by atoms with Gasteiger partial charge in [0.15, 0.2) is 0 Å². The Labute approximate surface area is 243 Å². The number of carbonyl (C=O) groups is 4. The smallest absolute Gasteiger partial charge is 0.246 e. The number of hydrogen-bond donors (Lipinski definition) is 8. The van der Waals surface area contributed by atoms with Crippen LogP contribution in [0.3, 0.4) is 0 Å². The summed E-state index contributed by atoms with van der Waals surface area (Å²) in [6, 6.07) is 19.7. The third-order valence-corrected chi connectivity index (χ3v) is 6.55. The van der Waals surface area contributed by atoms with Gasteiger partial charge in [-0.1, -0.05) is 54.6 Å². The Morgan fingerprint density at radius 1 is 0.786 bits per heavy atom. The van der Waals surface area contributed by atoms with Crippen molar-refractivity contribution in [3.05, 3.63) is 95.6 Å². The van der Waals surface area contributed by atoms with Gasteiger partial charge >= 0.3 is 0 Å². The molecule has 0 aliphatic rings. The molecule has 0 saturated carbocycles. The Morgan fingerprint density at radius 3 is 1.90 bits per heavy atom. The molecule has 0 radical (unpaired) electrons. The summed E-state index contributed by atoms with van der Waals surface area (Å²) >= 11 is 0. The molecule has 0 aliphatic carbocycles. The lowest BCUT2D eigenvalue weighted by atomic mass is 9.90. The number of hydrogen-bond acceptors (Lipinski definition) is 8. The molecule has 12 nitrogen and oxygen atoms in total. The third-order valence-electron chi connectivity index (χ3n) is 6.55. The highest BCUT2D eigenvalue weighted by molar-refractivity contribution is 5.97.